The highest BCUT2D eigenvalue weighted by Crippen LogP contribution is 2.35. The standard InChI is InChI=1S/C50H66O/c1-41-37-39-49(47(43(41)3)35-27-17-13-9-5-7-11-15-21-29-45-31-23-19-24-32-45)51-50-40-38-42(2)44(4)48(50)36-28-18-14-10-6-8-12-16-22-30-46-33-25-20-26-34-46/h19-26,29-34,37-40H,5-18,27-28,35-36H2,1-4H3. The van der Waals surface area contributed by atoms with Gasteiger partial charge in [-0.25, -0.2) is 0 Å². The second kappa shape index (κ2) is 23.6. The quantitative estimate of drug-likeness (QED) is 0.0669. The lowest BCUT2D eigenvalue weighted by Gasteiger charge is -2.19. The molecule has 0 aliphatic carbocycles. The van der Waals surface area contributed by atoms with Gasteiger partial charge in [-0.3, -0.25) is 0 Å². The average molecular weight is 683 g/mol. The van der Waals surface area contributed by atoms with Crippen molar-refractivity contribution in [2.24, 2.45) is 0 Å². The van der Waals surface area contributed by atoms with Crippen LogP contribution in [0.5, 0.6) is 11.5 Å². The Labute approximate surface area is 312 Å². The predicted molar refractivity (Wildman–Crippen MR) is 224 cm³/mol. The molecule has 1 heteroatoms. The first-order valence-electron chi connectivity index (χ1n) is 20.3. The SMILES string of the molecule is Cc1ccc(Oc2ccc(C)c(C)c2CCCCCCCCCC=Cc2ccccc2)c(CCCCCCCCCC=Cc2ccccc2)c1C. The third-order valence-electron chi connectivity index (χ3n) is 10.7. The third-order valence-corrected chi connectivity index (χ3v) is 10.7. The lowest BCUT2D eigenvalue weighted by molar-refractivity contribution is 0.464. The van der Waals surface area contributed by atoms with Crippen LogP contribution >= 0.6 is 0 Å². The van der Waals surface area contributed by atoms with Crippen LogP contribution in [0.3, 0.4) is 0 Å². The maximum absolute atomic E-state index is 6.84. The molecule has 0 saturated heterocycles. The van der Waals surface area contributed by atoms with Crippen molar-refractivity contribution >= 4 is 12.2 Å². The molecule has 0 saturated carbocycles. The number of rotatable bonds is 24. The van der Waals surface area contributed by atoms with E-state index >= 15 is 0 Å². The molecule has 0 atom stereocenters. The van der Waals surface area contributed by atoms with Crippen molar-refractivity contribution < 1.29 is 4.74 Å². The maximum atomic E-state index is 6.84. The van der Waals surface area contributed by atoms with Crippen molar-refractivity contribution in [3.05, 3.63) is 142 Å². The van der Waals surface area contributed by atoms with Crippen LogP contribution in [-0.4, -0.2) is 0 Å². The highest BCUT2D eigenvalue weighted by molar-refractivity contribution is 5.51. The molecular weight excluding hydrogens is 617 g/mol. The van der Waals surface area contributed by atoms with Gasteiger partial charge in [0.2, 0.25) is 0 Å². The molecule has 4 rings (SSSR count). The number of hydrogen-bond acceptors (Lipinski definition) is 1. The number of ether oxygens (including phenoxy) is 1. The van der Waals surface area contributed by atoms with Crippen molar-refractivity contribution in [3.63, 3.8) is 0 Å². The van der Waals surface area contributed by atoms with Gasteiger partial charge >= 0.3 is 0 Å². The van der Waals surface area contributed by atoms with Crippen molar-refractivity contribution in [1.29, 1.82) is 0 Å². The van der Waals surface area contributed by atoms with E-state index in [1.54, 1.807) is 0 Å². The Kier molecular flexibility index (Phi) is 18.5. The van der Waals surface area contributed by atoms with Gasteiger partial charge in [0.15, 0.2) is 0 Å². The van der Waals surface area contributed by atoms with Crippen LogP contribution in [0.2, 0.25) is 0 Å². The molecule has 272 valence electrons. The van der Waals surface area contributed by atoms with Gasteiger partial charge in [-0.2, -0.15) is 0 Å². The lowest BCUT2D eigenvalue weighted by atomic mass is 9.95. The predicted octanol–water partition coefficient (Wildman–Crippen LogP) is 15.5. The van der Waals surface area contributed by atoms with E-state index in [4.69, 9.17) is 4.74 Å². The Bertz CT molecular complexity index is 1470. The summed E-state index contributed by atoms with van der Waals surface area (Å²) >= 11 is 0. The Balaban J connectivity index is 1.16. The molecule has 4 aromatic rings. The molecule has 0 aromatic heterocycles. The van der Waals surface area contributed by atoms with Crippen molar-refractivity contribution in [2.75, 3.05) is 0 Å². The fraction of sp³-hybridized carbons (Fsp3) is 0.440. The van der Waals surface area contributed by atoms with E-state index in [1.165, 1.54) is 147 Å². The molecule has 0 aliphatic rings. The first-order chi connectivity index (χ1) is 25.0. The van der Waals surface area contributed by atoms with Crippen LogP contribution in [0.4, 0.5) is 0 Å². The fourth-order valence-corrected chi connectivity index (χ4v) is 7.09. The summed E-state index contributed by atoms with van der Waals surface area (Å²) in [6, 6.07) is 30.2. The number of aryl methyl sites for hydroxylation is 2. The van der Waals surface area contributed by atoms with Gasteiger partial charge in [-0.1, -0.05) is 161 Å². The summed E-state index contributed by atoms with van der Waals surface area (Å²) in [7, 11) is 0. The number of hydrogen-bond donors (Lipinski definition) is 0. The van der Waals surface area contributed by atoms with E-state index in [0.29, 0.717) is 0 Å². The summed E-state index contributed by atoms with van der Waals surface area (Å²) in [6.07, 6.45) is 32.1. The molecule has 0 aliphatic heterocycles. The van der Waals surface area contributed by atoms with Crippen molar-refractivity contribution in [2.45, 2.75) is 143 Å². The van der Waals surface area contributed by atoms with E-state index < -0.39 is 0 Å². The zero-order valence-corrected chi connectivity index (χ0v) is 32.5. The van der Waals surface area contributed by atoms with Gasteiger partial charge in [-0.15, -0.1) is 0 Å². The van der Waals surface area contributed by atoms with Gasteiger partial charge in [0, 0.05) is 0 Å². The minimum absolute atomic E-state index is 1.06. The maximum Gasteiger partial charge on any atom is 0.130 e. The Hall–Kier alpha value is -3.84. The van der Waals surface area contributed by atoms with E-state index in [0.717, 1.165) is 24.3 Å². The molecular formula is C50H66O. The van der Waals surface area contributed by atoms with E-state index in [-0.39, 0.29) is 0 Å². The summed E-state index contributed by atoms with van der Waals surface area (Å²) in [4.78, 5) is 0. The number of allylic oxidation sites excluding steroid dienone is 2. The molecule has 51 heavy (non-hydrogen) atoms. The Morgan fingerprint density at radius 3 is 1.14 bits per heavy atom. The molecule has 0 N–H and O–H groups in total. The molecule has 0 spiro atoms. The van der Waals surface area contributed by atoms with Crippen molar-refractivity contribution in [1.82, 2.24) is 0 Å². The lowest BCUT2D eigenvalue weighted by Crippen LogP contribution is -2.02. The molecule has 0 amide bonds. The first-order valence-corrected chi connectivity index (χ1v) is 20.3. The topological polar surface area (TPSA) is 9.23 Å². The number of unbranched alkanes of at least 4 members (excludes halogenated alkanes) is 14. The van der Waals surface area contributed by atoms with Gasteiger partial charge in [0.05, 0.1) is 0 Å². The monoisotopic (exact) mass is 683 g/mol. The molecule has 0 radical (unpaired) electrons. The Morgan fingerprint density at radius 1 is 0.392 bits per heavy atom. The zero-order chi connectivity index (χ0) is 35.9. The van der Waals surface area contributed by atoms with Crippen LogP contribution < -0.4 is 4.74 Å². The molecule has 0 unspecified atom stereocenters. The normalized spacial score (nSPS) is 11.6. The average Bonchev–Trinajstić information content (AvgIpc) is 3.15. The van der Waals surface area contributed by atoms with Gasteiger partial charge in [0.1, 0.15) is 11.5 Å². The van der Waals surface area contributed by atoms with Crippen LogP contribution in [0, 0.1) is 27.7 Å². The van der Waals surface area contributed by atoms with E-state index in [1.807, 2.05) is 0 Å². The summed E-state index contributed by atoms with van der Waals surface area (Å²) in [6.45, 7) is 9.05. The van der Waals surface area contributed by atoms with E-state index in [9.17, 15) is 0 Å². The van der Waals surface area contributed by atoms with E-state index in [2.05, 4.69) is 137 Å². The Morgan fingerprint density at radius 2 is 0.745 bits per heavy atom. The third kappa shape index (κ3) is 14.7. The highest BCUT2D eigenvalue weighted by atomic mass is 16.5. The van der Waals surface area contributed by atoms with Crippen LogP contribution in [0.25, 0.3) is 12.2 Å². The first kappa shape index (κ1) is 39.9. The zero-order valence-electron chi connectivity index (χ0n) is 32.5. The van der Waals surface area contributed by atoms with Gasteiger partial charge in [-0.05, 0) is 136 Å². The molecule has 4 aromatic carbocycles. The van der Waals surface area contributed by atoms with Crippen LogP contribution in [0.1, 0.15) is 147 Å². The van der Waals surface area contributed by atoms with Gasteiger partial charge in [0.25, 0.3) is 0 Å². The smallest absolute Gasteiger partial charge is 0.130 e. The number of benzene rings is 4. The minimum Gasteiger partial charge on any atom is -0.457 e. The second-order valence-corrected chi connectivity index (χ2v) is 14.7. The summed E-state index contributed by atoms with van der Waals surface area (Å²) in [5, 5.41) is 0. The van der Waals surface area contributed by atoms with Crippen LogP contribution in [0.15, 0.2) is 97.1 Å². The molecule has 0 heterocycles. The summed E-state index contributed by atoms with van der Waals surface area (Å²) < 4.78 is 6.84. The fourth-order valence-electron chi connectivity index (χ4n) is 7.09. The van der Waals surface area contributed by atoms with Gasteiger partial charge < -0.3 is 4.74 Å². The second-order valence-electron chi connectivity index (χ2n) is 14.7. The highest BCUT2D eigenvalue weighted by Gasteiger charge is 2.15. The summed E-state index contributed by atoms with van der Waals surface area (Å²) in [5.41, 5.74) is 10.9. The van der Waals surface area contributed by atoms with Crippen LogP contribution in [-0.2, 0) is 12.8 Å². The largest absolute Gasteiger partial charge is 0.457 e. The molecule has 0 fully saturated rings. The van der Waals surface area contributed by atoms with Crippen molar-refractivity contribution in [3.8, 4) is 11.5 Å². The molecule has 1 nitrogen and oxygen atoms in total. The minimum atomic E-state index is 1.06. The summed E-state index contributed by atoms with van der Waals surface area (Å²) in [5.74, 6) is 2.12. The molecule has 0 bridgehead atoms.